The molecule has 2 heterocycles. The molecule has 10 nitrogen and oxygen atoms in total. The van der Waals surface area contributed by atoms with Gasteiger partial charge in [-0.25, -0.2) is 17.2 Å². The first-order valence-corrected chi connectivity index (χ1v) is 14.9. The maximum Gasteiger partial charge on any atom is 0.258 e. The molecular formula is C29H32F2N6O4S. The predicted octanol–water partition coefficient (Wildman–Crippen LogP) is 4.12. The molecule has 0 spiro atoms. The highest BCUT2D eigenvalue weighted by Gasteiger charge is 2.23. The van der Waals surface area contributed by atoms with E-state index in [2.05, 4.69) is 37.7 Å². The molecule has 1 fully saturated rings. The largest absolute Gasteiger partial charge is 0.383 e. The van der Waals surface area contributed by atoms with Gasteiger partial charge in [-0.3, -0.25) is 9.89 Å². The van der Waals surface area contributed by atoms with Crippen molar-refractivity contribution in [3.05, 3.63) is 71.8 Å². The van der Waals surface area contributed by atoms with Crippen molar-refractivity contribution in [1.82, 2.24) is 15.1 Å². The Kier molecular flexibility index (Phi) is 8.43. The molecule has 3 N–H and O–H groups in total. The minimum atomic E-state index is -4.26. The van der Waals surface area contributed by atoms with E-state index in [-0.39, 0.29) is 16.8 Å². The van der Waals surface area contributed by atoms with E-state index in [1.54, 1.807) is 13.2 Å². The van der Waals surface area contributed by atoms with Gasteiger partial charge in [-0.2, -0.15) is 5.10 Å². The van der Waals surface area contributed by atoms with Crippen molar-refractivity contribution < 1.29 is 26.7 Å². The highest BCUT2D eigenvalue weighted by atomic mass is 32.2. The number of nitrogens with one attached hydrogen (secondary N) is 3. The van der Waals surface area contributed by atoms with Gasteiger partial charge in [-0.05, 0) is 62.5 Å². The van der Waals surface area contributed by atoms with Crippen LogP contribution in [0.2, 0.25) is 0 Å². The molecule has 0 saturated carbocycles. The summed E-state index contributed by atoms with van der Waals surface area (Å²) in [6.45, 7) is 5.97. The third-order valence-electron chi connectivity index (χ3n) is 7.16. The Morgan fingerprint density at radius 1 is 1.02 bits per heavy atom. The Morgan fingerprint density at radius 3 is 2.43 bits per heavy atom. The third-order valence-corrected chi connectivity index (χ3v) is 8.89. The second kappa shape index (κ2) is 12.0. The fourth-order valence-electron chi connectivity index (χ4n) is 4.92. The molecule has 1 amide bonds. The lowest BCUT2D eigenvalue weighted by molar-refractivity contribution is 0.102. The summed E-state index contributed by atoms with van der Waals surface area (Å²) in [7, 11) is -0.568. The van der Waals surface area contributed by atoms with Crippen LogP contribution in [0, 0.1) is 11.6 Å². The number of halogens is 2. The number of benzene rings is 3. The molecule has 5 rings (SSSR count). The van der Waals surface area contributed by atoms with Gasteiger partial charge >= 0.3 is 0 Å². The van der Waals surface area contributed by atoms with Gasteiger partial charge in [0.05, 0.1) is 27.5 Å². The zero-order chi connectivity index (χ0) is 30.0. The second-order valence-electron chi connectivity index (χ2n) is 10.4. The number of sulfone groups is 1. The molecule has 1 atom stereocenters. The Morgan fingerprint density at radius 2 is 1.74 bits per heavy atom. The van der Waals surface area contributed by atoms with Gasteiger partial charge in [0, 0.05) is 62.2 Å². The SMILES string of the molecule is COC[C@@H](C)Nc1cc(N2CCN(C)CC2)ccc1C(=O)Nc1n[nH]c2ccc(S(=O)(=O)c3cc(F)cc(F)c3)cc12. The maximum atomic E-state index is 13.8. The van der Waals surface area contributed by atoms with E-state index in [0.29, 0.717) is 34.8 Å². The average Bonchev–Trinajstić information content (AvgIpc) is 3.34. The molecule has 0 aliphatic carbocycles. The van der Waals surface area contributed by atoms with Crippen molar-refractivity contribution in [3.8, 4) is 0 Å². The Labute approximate surface area is 242 Å². The van der Waals surface area contributed by atoms with E-state index in [0.717, 1.165) is 44.0 Å². The van der Waals surface area contributed by atoms with Gasteiger partial charge < -0.3 is 25.2 Å². The van der Waals surface area contributed by atoms with Crippen LogP contribution in [0.4, 0.5) is 26.0 Å². The summed E-state index contributed by atoms with van der Waals surface area (Å²) in [6.07, 6.45) is 0. The summed E-state index contributed by atoms with van der Waals surface area (Å²) >= 11 is 0. The van der Waals surface area contributed by atoms with E-state index in [1.165, 1.54) is 18.2 Å². The maximum absolute atomic E-state index is 13.8. The molecule has 3 aromatic carbocycles. The number of methoxy groups -OCH3 is 1. The number of ether oxygens (including phenoxy) is 1. The van der Waals surface area contributed by atoms with E-state index in [1.807, 2.05) is 19.1 Å². The molecule has 0 radical (unpaired) electrons. The molecule has 222 valence electrons. The molecule has 1 aliphatic rings. The number of H-pyrrole nitrogens is 1. The number of hydrogen-bond donors (Lipinski definition) is 3. The number of hydrogen-bond acceptors (Lipinski definition) is 8. The van der Waals surface area contributed by atoms with Gasteiger partial charge in [0.25, 0.3) is 5.91 Å². The molecule has 13 heteroatoms. The summed E-state index contributed by atoms with van der Waals surface area (Å²) < 4.78 is 59.1. The summed E-state index contributed by atoms with van der Waals surface area (Å²) in [5, 5.41) is 13.4. The lowest BCUT2D eigenvalue weighted by Gasteiger charge is -2.34. The van der Waals surface area contributed by atoms with Crippen LogP contribution in [0.3, 0.4) is 0 Å². The standard InChI is InChI=1S/C29H32F2N6O4S/c1-18(17-41-3)32-27-15-21(37-10-8-36(2)9-11-37)4-6-24(27)29(38)33-28-25-16-22(5-7-26(25)34-35-28)42(39,40)23-13-19(30)12-20(31)14-23/h4-7,12-16,18,32H,8-11,17H2,1-3H3,(H2,33,34,35,38)/t18-/m1/s1. The van der Waals surface area contributed by atoms with Crippen molar-refractivity contribution in [1.29, 1.82) is 0 Å². The molecule has 1 saturated heterocycles. The number of carbonyl (C=O) groups excluding carboxylic acids is 1. The van der Waals surface area contributed by atoms with Crippen LogP contribution in [0.1, 0.15) is 17.3 Å². The minimum Gasteiger partial charge on any atom is -0.383 e. The number of amides is 1. The third kappa shape index (κ3) is 6.22. The lowest BCUT2D eigenvalue weighted by Crippen LogP contribution is -2.44. The molecule has 0 unspecified atom stereocenters. The monoisotopic (exact) mass is 598 g/mol. The Balaban J connectivity index is 1.45. The summed E-state index contributed by atoms with van der Waals surface area (Å²) in [5.74, 6) is -2.36. The highest BCUT2D eigenvalue weighted by molar-refractivity contribution is 7.91. The fraction of sp³-hybridized carbons (Fsp3) is 0.310. The average molecular weight is 599 g/mol. The van der Waals surface area contributed by atoms with Crippen molar-refractivity contribution in [3.63, 3.8) is 0 Å². The van der Waals surface area contributed by atoms with Crippen molar-refractivity contribution in [2.75, 3.05) is 62.5 Å². The number of carbonyl (C=O) groups is 1. The number of aromatic nitrogens is 2. The van der Waals surface area contributed by atoms with E-state index >= 15 is 0 Å². The molecule has 0 bridgehead atoms. The van der Waals surface area contributed by atoms with Crippen molar-refractivity contribution >= 4 is 43.8 Å². The zero-order valence-corrected chi connectivity index (χ0v) is 24.3. The van der Waals surface area contributed by atoms with Crippen LogP contribution in [0.25, 0.3) is 10.9 Å². The van der Waals surface area contributed by atoms with Gasteiger partial charge in [-0.1, -0.05) is 0 Å². The molecular weight excluding hydrogens is 566 g/mol. The van der Waals surface area contributed by atoms with E-state index in [9.17, 15) is 22.0 Å². The van der Waals surface area contributed by atoms with Crippen LogP contribution < -0.4 is 15.5 Å². The molecule has 42 heavy (non-hydrogen) atoms. The van der Waals surface area contributed by atoms with Crippen LogP contribution in [0.15, 0.2) is 64.4 Å². The first-order chi connectivity index (χ1) is 20.0. The quantitative estimate of drug-likeness (QED) is 0.263. The van der Waals surface area contributed by atoms with Gasteiger partial charge in [-0.15, -0.1) is 0 Å². The van der Waals surface area contributed by atoms with Crippen LogP contribution in [-0.4, -0.2) is 82.4 Å². The number of piperazine rings is 1. The van der Waals surface area contributed by atoms with Crippen molar-refractivity contribution in [2.24, 2.45) is 0 Å². The topological polar surface area (TPSA) is 120 Å². The molecule has 4 aromatic rings. The normalized spacial score (nSPS) is 15.1. The summed E-state index contributed by atoms with van der Waals surface area (Å²) in [6, 6.07) is 11.7. The first kappa shape index (κ1) is 29.4. The van der Waals surface area contributed by atoms with Crippen molar-refractivity contribution in [2.45, 2.75) is 22.8 Å². The fourth-order valence-corrected chi connectivity index (χ4v) is 6.25. The van der Waals surface area contributed by atoms with E-state index in [4.69, 9.17) is 4.74 Å². The van der Waals surface area contributed by atoms with Crippen LogP contribution in [-0.2, 0) is 14.6 Å². The number of anilines is 3. The Hall–Kier alpha value is -4.07. The van der Waals surface area contributed by atoms with Crippen LogP contribution in [0.5, 0.6) is 0 Å². The Bertz CT molecular complexity index is 1700. The summed E-state index contributed by atoms with van der Waals surface area (Å²) in [5.41, 5.74) is 2.43. The summed E-state index contributed by atoms with van der Waals surface area (Å²) in [4.78, 5) is 17.4. The minimum absolute atomic E-state index is 0.0871. The van der Waals surface area contributed by atoms with Gasteiger partial charge in [0.15, 0.2) is 5.82 Å². The molecule has 1 aromatic heterocycles. The van der Waals surface area contributed by atoms with Crippen LogP contribution >= 0.6 is 0 Å². The number of fused-ring (bicyclic) bond motifs is 1. The molecule has 1 aliphatic heterocycles. The smallest absolute Gasteiger partial charge is 0.258 e. The highest BCUT2D eigenvalue weighted by Crippen LogP contribution is 2.30. The van der Waals surface area contributed by atoms with Gasteiger partial charge in [0.1, 0.15) is 11.6 Å². The number of likely N-dealkylation sites (N-methyl/N-ethyl adjacent to an activating group) is 1. The second-order valence-corrected chi connectivity index (χ2v) is 12.3. The first-order valence-electron chi connectivity index (χ1n) is 13.4. The van der Waals surface area contributed by atoms with Gasteiger partial charge in [0.2, 0.25) is 9.84 Å². The number of rotatable bonds is 9. The van der Waals surface area contributed by atoms with E-state index < -0.39 is 32.3 Å². The number of nitrogens with zero attached hydrogens (tertiary/aromatic N) is 3. The lowest BCUT2D eigenvalue weighted by atomic mass is 10.1. The predicted molar refractivity (Wildman–Crippen MR) is 157 cm³/mol. The zero-order valence-electron chi connectivity index (χ0n) is 23.4. The number of aromatic amines is 1.